The number of ether oxygens (including phenoxy) is 2. The van der Waals surface area contributed by atoms with Gasteiger partial charge in [0, 0.05) is 38.0 Å². The molecule has 8 nitrogen and oxygen atoms in total. The normalized spacial score (nSPS) is 14.2. The Balaban J connectivity index is 1.84. The molecule has 0 aromatic carbocycles. The lowest BCUT2D eigenvalue weighted by Crippen LogP contribution is -2.40. The first kappa shape index (κ1) is 17.6. The molecular formula is C14H22N4O4S. The zero-order chi connectivity index (χ0) is 16.7. The SMILES string of the molecule is CCOC(=O)Nc1nc2c(s1)CN(CC(=O)NCCOC)CC2. The number of carbonyl (C=O) groups excluding carboxylic acids is 2. The Kier molecular flexibility index (Phi) is 6.75. The predicted molar refractivity (Wildman–Crippen MR) is 86.6 cm³/mol. The third kappa shape index (κ3) is 5.45. The van der Waals surface area contributed by atoms with E-state index < -0.39 is 6.09 Å². The topological polar surface area (TPSA) is 92.8 Å². The zero-order valence-electron chi connectivity index (χ0n) is 13.4. The summed E-state index contributed by atoms with van der Waals surface area (Å²) >= 11 is 1.43. The van der Waals surface area contributed by atoms with Gasteiger partial charge in [0.25, 0.3) is 0 Å². The minimum Gasteiger partial charge on any atom is -0.450 e. The number of nitrogens with zero attached hydrogens (tertiary/aromatic N) is 2. The second-order valence-electron chi connectivity index (χ2n) is 5.04. The molecule has 23 heavy (non-hydrogen) atoms. The van der Waals surface area contributed by atoms with E-state index in [1.165, 1.54) is 11.3 Å². The molecule has 1 aliphatic heterocycles. The maximum atomic E-state index is 11.8. The van der Waals surface area contributed by atoms with E-state index in [0.717, 1.165) is 23.5 Å². The van der Waals surface area contributed by atoms with E-state index in [-0.39, 0.29) is 5.91 Å². The van der Waals surface area contributed by atoms with Crippen LogP contribution in [0.5, 0.6) is 0 Å². The van der Waals surface area contributed by atoms with Crippen molar-refractivity contribution in [3.8, 4) is 0 Å². The summed E-state index contributed by atoms with van der Waals surface area (Å²) in [4.78, 5) is 30.8. The van der Waals surface area contributed by atoms with Crippen LogP contribution in [0.3, 0.4) is 0 Å². The lowest BCUT2D eigenvalue weighted by molar-refractivity contribution is -0.122. The number of anilines is 1. The molecule has 0 spiro atoms. The number of hydrogen-bond donors (Lipinski definition) is 2. The lowest BCUT2D eigenvalue weighted by atomic mass is 10.2. The van der Waals surface area contributed by atoms with Crippen LogP contribution in [-0.4, -0.2) is 61.8 Å². The molecule has 128 valence electrons. The monoisotopic (exact) mass is 342 g/mol. The van der Waals surface area contributed by atoms with Crippen molar-refractivity contribution < 1.29 is 19.1 Å². The van der Waals surface area contributed by atoms with Crippen molar-refractivity contribution in [3.63, 3.8) is 0 Å². The Bertz CT molecular complexity index is 549. The Morgan fingerprint density at radius 3 is 3.00 bits per heavy atom. The summed E-state index contributed by atoms with van der Waals surface area (Å²) in [6, 6.07) is 0. The molecule has 0 saturated heterocycles. The fourth-order valence-electron chi connectivity index (χ4n) is 2.24. The Hall–Kier alpha value is -1.71. The Morgan fingerprint density at radius 2 is 2.26 bits per heavy atom. The second kappa shape index (κ2) is 8.80. The average molecular weight is 342 g/mol. The number of methoxy groups -OCH3 is 1. The maximum Gasteiger partial charge on any atom is 0.413 e. The van der Waals surface area contributed by atoms with Crippen molar-refractivity contribution in [2.75, 3.05) is 45.3 Å². The van der Waals surface area contributed by atoms with Crippen LogP contribution in [0.25, 0.3) is 0 Å². The molecular weight excluding hydrogens is 320 g/mol. The highest BCUT2D eigenvalue weighted by Gasteiger charge is 2.22. The summed E-state index contributed by atoms with van der Waals surface area (Å²) in [5.41, 5.74) is 0.984. The Labute approximate surface area is 139 Å². The second-order valence-corrected chi connectivity index (χ2v) is 6.12. The van der Waals surface area contributed by atoms with Gasteiger partial charge in [0.2, 0.25) is 5.91 Å². The molecule has 1 aliphatic rings. The van der Waals surface area contributed by atoms with Gasteiger partial charge in [0.1, 0.15) is 0 Å². The molecule has 2 rings (SSSR count). The predicted octanol–water partition coefficient (Wildman–Crippen LogP) is 0.832. The molecule has 0 saturated carbocycles. The first-order valence-electron chi connectivity index (χ1n) is 7.52. The van der Waals surface area contributed by atoms with Crippen LogP contribution in [0, 0.1) is 0 Å². The smallest absolute Gasteiger partial charge is 0.413 e. The van der Waals surface area contributed by atoms with Gasteiger partial charge in [-0.05, 0) is 6.92 Å². The van der Waals surface area contributed by atoms with E-state index in [1.54, 1.807) is 14.0 Å². The van der Waals surface area contributed by atoms with Crippen LogP contribution in [0.1, 0.15) is 17.5 Å². The standard InChI is InChI=1S/C14H22N4O4S/c1-3-22-14(20)17-13-16-10-4-6-18(8-11(10)23-13)9-12(19)15-5-7-21-2/h3-9H2,1-2H3,(H,15,19)(H,16,17,20). The largest absolute Gasteiger partial charge is 0.450 e. The van der Waals surface area contributed by atoms with Crippen molar-refractivity contribution in [1.29, 1.82) is 0 Å². The van der Waals surface area contributed by atoms with Crippen LogP contribution < -0.4 is 10.6 Å². The van der Waals surface area contributed by atoms with Crippen molar-refractivity contribution in [2.45, 2.75) is 19.9 Å². The van der Waals surface area contributed by atoms with Gasteiger partial charge in [-0.3, -0.25) is 15.0 Å². The molecule has 0 radical (unpaired) electrons. The van der Waals surface area contributed by atoms with Gasteiger partial charge in [-0.2, -0.15) is 0 Å². The first-order chi connectivity index (χ1) is 11.1. The van der Waals surface area contributed by atoms with E-state index in [4.69, 9.17) is 9.47 Å². The number of nitrogens with one attached hydrogen (secondary N) is 2. The number of thiazole rings is 1. The summed E-state index contributed by atoms with van der Waals surface area (Å²) in [7, 11) is 1.60. The third-order valence-corrected chi connectivity index (χ3v) is 4.29. The molecule has 0 fully saturated rings. The summed E-state index contributed by atoms with van der Waals surface area (Å²) in [6.07, 6.45) is 0.273. The van der Waals surface area contributed by atoms with Gasteiger partial charge in [0.05, 0.1) is 25.5 Å². The zero-order valence-corrected chi connectivity index (χ0v) is 14.2. The number of amides is 2. The van der Waals surface area contributed by atoms with E-state index in [9.17, 15) is 9.59 Å². The quantitative estimate of drug-likeness (QED) is 0.713. The van der Waals surface area contributed by atoms with E-state index >= 15 is 0 Å². The molecule has 1 aromatic rings. The van der Waals surface area contributed by atoms with E-state index in [1.807, 2.05) is 0 Å². The molecule has 2 heterocycles. The van der Waals surface area contributed by atoms with Crippen LogP contribution in [-0.2, 0) is 27.2 Å². The Morgan fingerprint density at radius 1 is 1.43 bits per heavy atom. The number of carbonyl (C=O) groups is 2. The number of aromatic nitrogens is 1. The number of rotatable bonds is 7. The van der Waals surface area contributed by atoms with Crippen LogP contribution >= 0.6 is 11.3 Å². The average Bonchev–Trinajstić information content (AvgIpc) is 2.89. The molecule has 1 aromatic heterocycles. The fraction of sp³-hybridized carbons (Fsp3) is 0.643. The minimum absolute atomic E-state index is 0.0140. The summed E-state index contributed by atoms with van der Waals surface area (Å²) < 4.78 is 9.74. The van der Waals surface area contributed by atoms with Gasteiger partial charge in [-0.15, -0.1) is 0 Å². The van der Waals surface area contributed by atoms with E-state index in [2.05, 4.69) is 20.5 Å². The van der Waals surface area contributed by atoms with Crippen molar-refractivity contribution in [2.24, 2.45) is 0 Å². The molecule has 0 atom stereocenters. The molecule has 2 amide bonds. The van der Waals surface area contributed by atoms with Crippen LogP contribution in [0.2, 0.25) is 0 Å². The molecule has 0 bridgehead atoms. The molecule has 9 heteroatoms. The summed E-state index contributed by atoms with van der Waals surface area (Å²) in [5, 5.41) is 5.97. The lowest BCUT2D eigenvalue weighted by Gasteiger charge is -2.25. The number of fused-ring (bicyclic) bond motifs is 1. The number of hydrogen-bond acceptors (Lipinski definition) is 7. The van der Waals surface area contributed by atoms with Gasteiger partial charge in [-0.25, -0.2) is 9.78 Å². The van der Waals surface area contributed by atoms with Crippen LogP contribution in [0.4, 0.5) is 9.93 Å². The van der Waals surface area contributed by atoms with E-state index in [0.29, 0.717) is 38.0 Å². The highest BCUT2D eigenvalue weighted by atomic mass is 32.1. The van der Waals surface area contributed by atoms with Gasteiger partial charge >= 0.3 is 6.09 Å². The molecule has 0 unspecified atom stereocenters. The summed E-state index contributed by atoms with van der Waals surface area (Å²) in [5.74, 6) is -0.0140. The van der Waals surface area contributed by atoms with Crippen molar-refractivity contribution in [3.05, 3.63) is 10.6 Å². The van der Waals surface area contributed by atoms with Crippen molar-refractivity contribution in [1.82, 2.24) is 15.2 Å². The first-order valence-corrected chi connectivity index (χ1v) is 8.34. The van der Waals surface area contributed by atoms with Gasteiger partial charge < -0.3 is 14.8 Å². The van der Waals surface area contributed by atoms with Crippen molar-refractivity contribution >= 4 is 28.5 Å². The molecule has 0 aliphatic carbocycles. The van der Waals surface area contributed by atoms with Gasteiger partial charge in [-0.1, -0.05) is 11.3 Å². The van der Waals surface area contributed by atoms with Crippen LogP contribution in [0.15, 0.2) is 0 Å². The highest BCUT2D eigenvalue weighted by Crippen LogP contribution is 2.28. The third-order valence-electron chi connectivity index (χ3n) is 3.29. The summed E-state index contributed by atoms with van der Waals surface area (Å²) in [6.45, 7) is 4.88. The molecule has 2 N–H and O–H groups in total. The minimum atomic E-state index is -0.493. The fourth-order valence-corrected chi connectivity index (χ4v) is 3.28. The highest BCUT2D eigenvalue weighted by molar-refractivity contribution is 7.15. The maximum absolute atomic E-state index is 11.8. The van der Waals surface area contributed by atoms with Gasteiger partial charge in [0.15, 0.2) is 5.13 Å².